The van der Waals surface area contributed by atoms with Crippen molar-refractivity contribution in [1.29, 1.82) is 0 Å². The highest BCUT2D eigenvalue weighted by atomic mass is 79.9. The van der Waals surface area contributed by atoms with Crippen LogP contribution >= 0.6 is 31.9 Å². The fourth-order valence-electron chi connectivity index (χ4n) is 1.68. The van der Waals surface area contributed by atoms with Crippen molar-refractivity contribution in [3.8, 4) is 0 Å². The van der Waals surface area contributed by atoms with E-state index in [2.05, 4.69) is 37.2 Å². The molecule has 2 aromatic carbocycles. The minimum atomic E-state index is -0.835. The van der Waals surface area contributed by atoms with Crippen molar-refractivity contribution in [2.45, 2.75) is 6.92 Å². The van der Waals surface area contributed by atoms with Gasteiger partial charge in [0.2, 0.25) is 0 Å². The summed E-state index contributed by atoms with van der Waals surface area (Å²) in [5.74, 6) is -2.01. The molecule has 0 unspecified atom stereocenters. The number of hydrogen-bond acceptors (Lipinski definition) is 1. The van der Waals surface area contributed by atoms with Crippen molar-refractivity contribution in [2.24, 2.45) is 0 Å². The minimum Gasteiger partial charge on any atom is -0.319 e. The largest absolute Gasteiger partial charge is 0.319 e. The smallest absolute Gasteiger partial charge is 0.256 e. The van der Waals surface area contributed by atoms with Crippen molar-refractivity contribution in [3.05, 3.63) is 62.0 Å². The fraction of sp³-hybridized carbons (Fsp3) is 0.0714. The van der Waals surface area contributed by atoms with Crippen LogP contribution in [-0.2, 0) is 0 Å². The Labute approximate surface area is 131 Å². The summed E-state index contributed by atoms with van der Waals surface area (Å²) in [6, 6.07) is 7.02. The normalized spacial score (nSPS) is 10.4. The average molecular weight is 405 g/mol. The van der Waals surface area contributed by atoms with Gasteiger partial charge < -0.3 is 5.32 Å². The van der Waals surface area contributed by atoms with Crippen LogP contribution in [0.2, 0.25) is 0 Å². The van der Waals surface area contributed by atoms with Gasteiger partial charge in [0, 0.05) is 20.6 Å². The molecule has 0 fully saturated rings. The Morgan fingerprint density at radius 1 is 1.15 bits per heavy atom. The maximum Gasteiger partial charge on any atom is 0.256 e. The summed E-state index contributed by atoms with van der Waals surface area (Å²) in [6.07, 6.45) is 0. The molecule has 1 N–H and O–H groups in total. The first-order valence-corrected chi connectivity index (χ1v) is 7.19. The van der Waals surface area contributed by atoms with E-state index in [9.17, 15) is 13.6 Å². The molecular weight excluding hydrogens is 396 g/mol. The molecule has 0 aliphatic carbocycles. The van der Waals surface area contributed by atoms with E-state index >= 15 is 0 Å². The second-order valence-corrected chi connectivity index (χ2v) is 5.93. The molecule has 0 saturated carbocycles. The average Bonchev–Trinajstić information content (AvgIpc) is 2.36. The fourth-order valence-corrected chi connectivity index (χ4v) is 2.55. The third kappa shape index (κ3) is 3.24. The van der Waals surface area contributed by atoms with Gasteiger partial charge in [0.05, 0.1) is 5.69 Å². The van der Waals surface area contributed by atoms with E-state index in [1.165, 1.54) is 0 Å². The number of amides is 1. The van der Waals surface area contributed by atoms with E-state index in [1.54, 1.807) is 25.1 Å². The van der Waals surface area contributed by atoms with Crippen molar-refractivity contribution in [3.63, 3.8) is 0 Å². The van der Waals surface area contributed by atoms with E-state index in [0.717, 1.165) is 16.1 Å². The number of carbonyl (C=O) groups excluding carboxylic acids is 1. The second-order valence-electron chi connectivity index (χ2n) is 4.16. The number of nitrogens with one attached hydrogen (secondary N) is 1. The molecule has 0 aromatic heterocycles. The Bertz CT molecular complexity index is 666. The van der Waals surface area contributed by atoms with E-state index in [1.807, 2.05) is 0 Å². The maximum absolute atomic E-state index is 13.7. The van der Waals surface area contributed by atoms with Crippen LogP contribution in [0.5, 0.6) is 0 Å². The van der Waals surface area contributed by atoms with Crippen LogP contribution in [0.25, 0.3) is 0 Å². The first kappa shape index (κ1) is 15.1. The predicted octanol–water partition coefficient (Wildman–Crippen LogP) is 5.05. The number of rotatable bonds is 2. The lowest BCUT2D eigenvalue weighted by Crippen LogP contribution is -2.15. The van der Waals surface area contributed by atoms with Gasteiger partial charge in [-0.25, -0.2) is 8.78 Å². The lowest BCUT2D eigenvalue weighted by atomic mass is 10.1. The van der Waals surface area contributed by atoms with Gasteiger partial charge in [-0.15, -0.1) is 0 Å². The third-order valence-corrected chi connectivity index (χ3v) is 3.81. The van der Waals surface area contributed by atoms with Gasteiger partial charge >= 0.3 is 0 Å². The van der Waals surface area contributed by atoms with Crippen molar-refractivity contribution in [2.75, 3.05) is 5.32 Å². The summed E-state index contributed by atoms with van der Waals surface area (Å²) in [5, 5.41) is 2.44. The zero-order valence-corrected chi connectivity index (χ0v) is 13.5. The number of hydrogen-bond donors (Lipinski definition) is 1. The summed E-state index contributed by atoms with van der Waals surface area (Å²) in [6.45, 7) is 1.78. The monoisotopic (exact) mass is 403 g/mol. The third-order valence-electron chi connectivity index (χ3n) is 2.69. The van der Waals surface area contributed by atoms with Crippen LogP contribution in [0.1, 0.15) is 15.9 Å². The molecule has 6 heteroatoms. The quantitative estimate of drug-likeness (QED) is 0.745. The van der Waals surface area contributed by atoms with Crippen LogP contribution in [0.4, 0.5) is 14.5 Å². The number of halogens is 4. The number of benzene rings is 2. The first-order valence-electron chi connectivity index (χ1n) is 5.60. The molecule has 1 amide bonds. The molecule has 0 bridgehead atoms. The van der Waals surface area contributed by atoms with Crippen LogP contribution < -0.4 is 5.32 Å². The van der Waals surface area contributed by atoms with Crippen LogP contribution in [0.3, 0.4) is 0 Å². The van der Waals surface area contributed by atoms with E-state index in [-0.39, 0.29) is 10.2 Å². The molecule has 2 aromatic rings. The van der Waals surface area contributed by atoms with E-state index in [4.69, 9.17) is 0 Å². The first-order chi connectivity index (χ1) is 9.38. The highest BCUT2D eigenvalue weighted by Crippen LogP contribution is 2.28. The summed E-state index contributed by atoms with van der Waals surface area (Å²) < 4.78 is 27.6. The molecule has 0 radical (unpaired) electrons. The Kier molecular flexibility index (Phi) is 4.55. The summed E-state index contributed by atoms with van der Waals surface area (Å²) in [5.41, 5.74) is 1.08. The highest BCUT2D eigenvalue weighted by Gasteiger charge is 2.15. The minimum absolute atomic E-state index is 0.0872. The number of anilines is 1. The van der Waals surface area contributed by atoms with Gasteiger partial charge in [0.15, 0.2) is 5.82 Å². The standard InChI is InChI=1S/C14H9Br2F2NO/c1-7-2-3-8(15)4-10(7)14(20)19-13-11(16)5-9(17)6-12(13)18/h2-6H,1H3,(H,19,20). The zero-order chi connectivity index (χ0) is 14.9. The Morgan fingerprint density at radius 3 is 2.50 bits per heavy atom. The molecule has 2 rings (SSSR count). The molecule has 20 heavy (non-hydrogen) atoms. The molecule has 0 aliphatic heterocycles. The molecule has 0 spiro atoms. The molecular formula is C14H9Br2F2NO. The molecule has 104 valence electrons. The maximum atomic E-state index is 13.7. The van der Waals surface area contributed by atoms with Crippen LogP contribution in [0, 0.1) is 18.6 Å². The lowest BCUT2D eigenvalue weighted by molar-refractivity contribution is 0.102. The molecule has 2 nitrogen and oxygen atoms in total. The zero-order valence-electron chi connectivity index (χ0n) is 10.3. The molecule has 0 aliphatic rings. The van der Waals surface area contributed by atoms with E-state index < -0.39 is 17.5 Å². The van der Waals surface area contributed by atoms with Gasteiger partial charge in [0.1, 0.15) is 5.82 Å². The lowest BCUT2D eigenvalue weighted by Gasteiger charge is -2.10. The Balaban J connectivity index is 2.35. The topological polar surface area (TPSA) is 29.1 Å². The highest BCUT2D eigenvalue weighted by molar-refractivity contribution is 9.10. The number of aryl methyl sites for hydroxylation is 1. The van der Waals surface area contributed by atoms with Crippen molar-refractivity contribution >= 4 is 43.5 Å². The Morgan fingerprint density at radius 2 is 1.85 bits per heavy atom. The predicted molar refractivity (Wildman–Crippen MR) is 80.9 cm³/mol. The molecule has 0 atom stereocenters. The summed E-state index contributed by atoms with van der Waals surface area (Å²) in [7, 11) is 0. The van der Waals surface area contributed by atoms with Gasteiger partial charge in [-0.1, -0.05) is 22.0 Å². The van der Waals surface area contributed by atoms with E-state index in [0.29, 0.717) is 11.6 Å². The molecule has 0 saturated heterocycles. The van der Waals surface area contributed by atoms with Gasteiger partial charge in [-0.3, -0.25) is 4.79 Å². The summed E-state index contributed by atoms with van der Waals surface area (Å²) >= 11 is 6.30. The van der Waals surface area contributed by atoms with Gasteiger partial charge in [-0.2, -0.15) is 0 Å². The number of carbonyl (C=O) groups is 1. The summed E-state index contributed by atoms with van der Waals surface area (Å²) in [4.78, 5) is 12.2. The molecule has 0 heterocycles. The van der Waals surface area contributed by atoms with Crippen molar-refractivity contribution < 1.29 is 13.6 Å². The second kappa shape index (κ2) is 6.01. The van der Waals surface area contributed by atoms with Crippen molar-refractivity contribution in [1.82, 2.24) is 0 Å². The SMILES string of the molecule is Cc1ccc(Br)cc1C(=O)Nc1c(F)cc(F)cc1Br. The van der Waals surface area contributed by atoms with Gasteiger partial charge in [0.25, 0.3) is 5.91 Å². The van der Waals surface area contributed by atoms with Crippen LogP contribution in [0.15, 0.2) is 39.3 Å². The van der Waals surface area contributed by atoms with Gasteiger partial charge in [-0.05, 0) is 46.6 Å². The Hall–Kier alpha value is -1.27. The van der Waals surface area contributed by atoms with Crippen LogP contribution in [-0.4, -0.2) is 5.91 Å².